The summed E-state index contributed by atoms with van der Waals surface area (Å²) in [5.41, 5.74) is 3.84. The Morgan fingerprint density at radius 1 is 1.03 bits per heavy atom. The van der Waals surface area contributed by atoms with Gasteiger partial charge in [0.15, 0.2) is 11.5 Å². The Morgan fingerprint density at radius 3 is 2.17 bits per heavy atom. The van der Waals surface area contributed by atoms with Gasteiger partial charge in [0.1, 0.15) is 24.3 Å². The number of aliphatic hydroxyl groups is 1. The number of hydrogen-bond acceptors (Lipinski definition) is 6. The standard InChI is InChI=1S/C23H20Cl2F2N2O6S/c1-34-19-7-6-12(8-20(19)35-2)36(32,33)29(11-21(28)30)18-10-15(25)14(24)9-13(18)23(31)22-16(26)4-3-5-17(22)27/h3-10,23,31H,11H2,1-2H3,(H2,28,30). The molecule has 13 heteroatoms. The molecule has 3 aromatic rings. The number of halogens is 4. The van der Waals surface area contributed by atoms with Crippen LogP contribution in [0.5, 0.6) is 11.5 Å². The molecule has 1 unspecified atom stereocenters. The zero-order valence-corrected chi connectivity index (χ0v) is 21.2. The predicted molar refractivity (Wildman–Crippen MR) is 130 cm³/mol. The largest absolute Gasteiger partial charge is 0.493 e. The lowest BCUT2D eigenvalue weighted by Gasteiger charge is -2.28. The van der Waals surface area contributed by atoms with Crippen molar-refractivity contribution in [2.45, 2.75) is 11.0 Å². The zero-order valence-electron chi connectivity index (χ0n) is 18.8. The average Bonchev–Trinajstić information content (AvgIpc) is 2.83. The molecule has 0 aliphatic rings. The van der Waals surface area contributed by atoms with Crippen LogP contribution in [-0.4, -0.2) is 40.2 Å². The number of amides is 1. The molecule has 0 heterocycles. The highest BCUT2D eigenvalue weighted by Crippen LogP contribution is 2.41. The van der Waals surface area contributed by atoms with Gasteiger partial charge in [-0.3, -0.25) is 9.10 Å². The van der Waals surface area contributed by atoms with Gasteiger partial charge in [-0.25, -0.2) is 17.2 Å². The second-order valence-electron chi connectivity index (χ2n) is 7.36. The summed E-state index contributed by atoms with van der Waals surface area (Å²) >= 11 is 12.2. The average molecular weight is 561 g/mol. The van der Waals surface area contributed by atoms with Gasteiger partial charge >= 0.3 is 0 Å². The normalized spacial score (nSPS) is 12.2. The summed E-state index contributed by atoms with van der Waals surface area (Å²) in [6.45, 7) is -0.909. The van der Waals surface area contributed by atoms with E-state index in [1.807, 2.05) is 0 Å². The van der Waals surface area contributed by atoms with Crippen molar-refractivity contribution in [1.29, 1.82) is 0 Å². The van der Waals surface area contributed by atoms with Gasteiger partial charge in [0.05, 0.1) is 40.4 Å². The zero-order chi connectivity index (χ0) is 26.8. The summed E-state index contributed by atoms with van der Waals surface area (Å²) in [6, 6.07) is 8.68. The molecule has 0 radical (unpaired) electrons. The first-order valence-electron chi connectivity index (χ1n) is 10.1. The number of carbonyl (C=O) groups excluding carboxylic acids is 1. The van der Waals surface area contributed by atoms with Crippen molar-refractivity contribution in [3.05, 3.63) is 81.3 Å². The van der Waals surface area contributed by atoms with Gasteiger partial charge in [-0.15, -0.1) is 0 Å². The maximum absolute atomic E-state index is 14.5. The van der Waals surface area contributed by atoms with E-state index in [0.29, 0.717) is 4.31 Å². The number of ether oxygens (including phenoxy) is 2. The summed E-state index contributed by atoms with van der Waals surface area (Å²) in [5.74, 6) is -2.95. The molecule has 8 nitrogen and oxygen atoms in total. The molecule has 192 valence electrons. The predicted octanol–water partition coefficient (Wildman–Crippen LogP) is 4.05. The van der Waals surface area contributed by atoms with E-state index in [4.69, 9.17) is 38.4 Å². The summed E-state index contributed by atoms with van der Waals surface area (Å²) in [6.07, 6.45) is -2.04. The van der Waals surface area contributed by atoms with Crippen molar-refractivity contribution in [3.8, 4) is 11.5 Å². The van der Waals surface area contributed by atoms with Crippen molar-refractivity contribution in [2.75, 3.05) is 25.1 Å². The van der Waals surface area contributed by atoms with Crippen LogP contribution in [-0.2, 0) is 14.8 Å². The second-order valence-corrected chi connectivity index (χ2v) is 10.0. The van der Waals surface area contributed by atoms with E-state index in [0.717, 1.165) is 36.4 Å². The first kappa shape index (κ1) is 27.5. The van der Waals surface area contributed by atoms with Crippen LogP contribution in [0.4, 0.5) is 14.5 Å². The van der Waals surface area contributed by atoms with Crippen molar-refractivity contribution in [3.63, 3.8) is 0 Å². The summed E-state index contributed by atoms with van der Waals surface area (Å²) < 4.78 is 67.2. The van der Waals surface area contributed by atoms with Crippen LogP contribution in [0.3, 0.4) is 0 Å². The summed E-state index contributed by atoms with van der Waals surface area (Å²) in [4.78, 5) is 11.6. The summed E-state index contributed by atoms with van der Waals surface area (Å²) in [5, 5.41) is 10.7. The van der Waals surface area contributed by atoms with E-state index in [9.17, 15) is 27.1 Å². The van der Waals surface area contributed by atoms with Crippen LogP contribution in [0.1, 0.15) is 17.2 Å². The number of primary amides is 1. The highest BCUT2D eigenvalue weighted by atomic mass is 35.5. The van der Waals surface area contributed by atoms with Crippen LogP contribution in [0.2, 0.25) is 10.0 Å². The van der Waals surface area contributed by atoms with Crippen LogP contribution < -0.4 is 19.5 Å². The molecule has 0 spiro atoms. The Morgan fingerprint density at radius 2 is 1.61 bits per heavy atom. The molecule has 1 amide bonds. The van der Waals surface area contributed by atoms with Crippen LogP contribution in [0, 0.1) is 11.6 Å². The van der Waals surface area contributed by atoms with Crippen molar-refractivity contribution >= 4 is 44.8 Å². The van der Waals surface area contributed by atoms with Crippen LogP contribution in [0.15, 0.2) is 53.4 Å². The van der Waals surface area contributed by atoms with Gasteiger partial charge in [-0.1, -0.05) is 29.3 Å². The minimum atomic E-state index is -4.60. The third-order valence-electron chi connectivity index (χ3n) is 5.15. The first-order valence-corrected chi connectivity index (χ1v) is 12.3. The number of nitrogens with zero attached hydrogens (tertiary/aromatic N) is 1. The molecule has 3 aromatic carbocycles. The van der Waals surface area contributed by atoms with Gasteiger partial charge in [-0.05, 0) is 36.4 Å². The van der Waals surface area contributed by atoms with E-state index in [1.165, 1.54) is 26.4 Å². The molecular weight excluding hydrogens is 541 g/mol. The second kappa shape index (κ2) is 10.9. The van der Waals surface area contributed by atoms with E-state index in [1.54, 1.807) is 0 Å². The molecule has 0 fully saturated rings. The molecule has 1 atom stereocenters. The lowest BCUT2D eigenvalue weighted by molar-refractivity contribution is -0.116. The Hall–Kier alpha value is -3.12. The SMILES string of the molecule is COc1ccc(S(=O)(=O)N(CC(N)=O)c2cc(Cl)c(Cl)cc2C(O)c2c(F)cccc2F)cc1OC. The number of benzene rings is 3. The van der Waals surface area contributed by atoms with E-state index >= 15 is 0 Å². The van der Waals surface area contributed by atoms with Crippen molar-refractivity contribution in [2.24, 2.45) is 5.73 Å². The lowest BCUT2D eigenvalue weighted by Crippen LogP contribution is -2.39. The maximum atomic E-state index is 14.5. The van der Waals surface area contributed by atoms with Crippen molar-refractivity contribution in [1.82, 2.24) is 0 Å². The first-order chi connectivity index (χ1) is 16.9. The number of anilines is 1. The van der Waals surface area contributed by atoms with E-state index in [2.05, 4.69) is 0 Å². The fourth-order valence-electron chi connectivity index (χ4n) is 3.46. The van der Waals surface area contributed by atoms with Gasteiger partial charge in [0.25, 0.3) is 10.0 Å². The molecule has 0 saturated heterocycles. The van der Waals surface area contributed by atoms with Crippen LogP contribution in [0.25, 0.3) is 0 Å². The number of hydrogen-bond donors (Lipinski definition) is 2. The van der Waals surface area contributed by atoms with E-state index in [-0.39, 0.29) is 37.7 Å². The number of aliphatic hydroxyl groups excluding tert-OH is 1. The summed E-state index contributed by atoms with van der Waals surface area (Å²) in [7, 11) is -1.94. The van der Waals surface area contributed by atoms with Crippen molar-refractivity contribution < 1.29 is 36.6 Å². The monoisotopic (exact) mass is 560 g/mol. The highest BCUT2D eigenvalue weighted by molar-refractivity contribution is 7.92. The third kappa shape index (κ3) is 5.34. The molecular formula is C23H20Cl2F2N2O6S. The smallest absolute Gasteiger partial charge is 0.264 e. The number of carbonyl (C=O) groups is 1. The number of nitrogens with two attached hydrogens (primary N) is 1. The molecule has 0 bridgehead atoms. The van der Waals surface area contributed by atoms with Gasteiger partial charge in [0, 0.05) is 11.6 Å². The number of rotatable bonds is 9. The Balaban J connectivity index is 2.29. The molecule has 0 aliphatic carbocycles. The molecule has 3 rings (SSSR count). The molecule has 3 N–H and O–H groups in total. The van der Waals surface area contributed by atoms with Gasteiger partial charge in [-0.2, -0.15) is 0 Å². The molecule has 0 saturated carbocycles. The third-order valence-corrected chi connectivity index (χ3v) is 7.63. The lowest BCUT2D eigenvalue weighted by atomic mass is 9.98. The number of sulfonamides is 1. The number of methoxy groups -OCH3 is 2. The molecule has 0 aromatic heterocycles. The minimum absolute atomic E-state index is 0.0698. The molecule has 36 heavy (non-hydrogen) atoms. The van der Waals surface area contributed by atoms with Gasteiger partial charge < -0.3 is 20.3 Å². The highest BCUT2D eigenvalue weighted by Gasteiger charge is 2.33. The Bertz CT molecular complexity index is 1400. The topological polar surface area (TPSA) is 119 Å². The maximum Gasteiger partial charge on any atom is 0.264 e. The fourth-order valence-corrected chi connectivity index (χ4v) is 5.25. The quantitative estimate of drug-likeness (QED) is 0.407. The minimum Gasteiger partial charge on any atom is -0.493 e. The fraction of sp³-hybridized carbons (Fsp3) is 0.174. The Labute approximate surface area is 215 Å². The van der Waals surface area contributed by atoms with E-state index < -0.39 is 45.8 Å². The Kier molecular flexibility index (Phi) is 8.29. The molecule has 0 aliphatic heterocycles. The van der Waals surface area contributed by atoms with Gasteiger partial charge in [0.2, 0.25) is 5.91 Å². The van der Waals surface area contributed by atoms with Crippen LogP contribution >= 0.6 is 23.2 Å².